The molecule has 3 saturated heterocycles. The quantitative estimate of drug-likeness (QED) is 0.187. The maximum atomic E-state index is 13.3. The molecule has 1 aromatic carbocycles. The molecule has 15 nitrogen and oxygen atoms in total. The largest absolute Gasteiger partial charge is 0.479 e. The van der Waals surface area contributed by atoms with Gasteiger partial charge in [0.05, 0.1) is 48.1 Å². The van der Waals surface area contributed by atoms with E-state index in [0.717, 1.165) is 6.92 Å². The second kappa shape index (κ2) is 16.4. The summed E-state index contributed by atoms with van der Waals surface area (Å²) in [4.78, 5) is 54.0. The minimum absolute atomic E-state index is 0.0215. The second-order valence-corrected chi connectivity index (χ2v) is 15.1. The Kier molecular flexibility index (Phi) is 13.1. The third-order valence-electron chi connectivity index (χ3n) is 9.80. The average Bonchev–Trinajstić information content (AvgIpc) is 3.49. The van der Waals surface area contributed by atoms with Crippen LogP contribution >= 0.6 is 0 Å². The Morgan fingerprint density at radius 2 is 1.64 bits per heavy atom. The van der Waals surface area contributed by atoms with Crippen LogP contribution < -0.4 is 10.6 Å². The van der Waals surface area contributed by atoms with E-state index in [9.17, 15) is 65.9 Å². The van der Waals surface area contributed by atoms with Crippen molar-refractivity contribution in [1.29, 1.82) is 0 Å². The number of aliphatic hydroxyl groups is 3. The number of alkyl halides is 6. The van der Waals surface area contributed by atoms with E-state index in [1.807, 2.05) is 10.2 Å². The number of likely N-dealkylation sites (tertiary alicyclic amines) is 1. The molecule has 55 heavy (non-hydrogen) atoms. The lowest BCUT2D eigenvalue weighted by Gasteiger charge is -2.49. The van der Waals surface area contributed by atoms with Gasteiger partial charge < -0.3 is 50.2 Å². The molecular formula is C34H46F6N4O11. The fourth-order valence-electron chi connectivity index (χ4n) is 7.04. The van der Waals surface area contributed by atoms with Gasteiger partial charge in [0, 0.05) is 58.1 Å². The average molecular weight is 801 g/mol. The number of ether oxygens (including phenoxy) is 3. The molecule has 6 N–H and O–H groups in total. The van der Waals surface area contributed by atoms with Crippen molar-refractivity contribution in [3.05, 3.63) is 34.9 Å². The van der Waals surface area contributed by atoms with Crippen molar-refractivity contribution in [3.8, 4) is 0 Å². The number of nitrogens with zero attached hydrogens (tertiary/aromatic N) is 2. The first-order valence-corrected chi connectivity index (χ1v) is 17.4. The van der Waals surface area contributed by atoms with E-state index in [2.05, 4.69) is 5.32 Å². The summed E-state index contributed by atoms with van der Waals surface area (Å²) in [6, 6.07) is -1.36. The molecule has 0 aliphatic carbocycles. The maximum absolute atomic E-state index is 13.3. The molecule has 0 bridgehead atoms. The van der Waals surface area contributed by atoms with Crippen molar-refractivity contribution < 1.29 is 80.2 Å². The number of nitrogens with one attached hydrogen (secondary N) is 2. The van der Waals surface area contributed by atoms with Crippen molar-refractivity contribution in [2.75, 3.05) is 45.9 Å². The summed E-state index contributed by atoms with van der Waals surface area (Å²) in [5.41, 5.74) is -8.31. The van der Waals surface area contributed by atoms with Crippen LogP contribution in [0, 0.1) is 0 Å². The highest BCUT2D eigenvalue weighted by atomic mass is 19.4. The number of carboxylic acids is 1. The van der Waals surface area contributed by atoms with Gasteiger partial charge in [-0.3, -0.25) is 14.5 Å². The molecule has 3 fully saturated rings. The maximum Gasteiger partial charge on any atom is 0.416 e. The first-order valence-electron chi connectivity index (χ1n) is 17.4. The third kappa shape index (κ3) is 10.6. The summed E-state index contributed by atoms with van der Waals surface area (Å²) in [5.74, 6) is -3.80. The molecule has 0 unspecified atom stereocenters. The van der Waals surface area contributed by atoms with Crippen molar-refractivity contribution in [2.45, 2.75) is 107 Å². The summed E-state index contributed by atoms with van der Waals surface area (Å²) in [6.07, 6.45) is -19.3. The zero-order valence-corrected chi connectivity index (χ0v) is 30.5. The number of halogens is 6. The van der Waals surface area contributed by atoms with Gasteiger partial charge in [-0.25, -0.2) is 9.59 Å². The Hall–Kier alpha value is -3.76. The van der Waals surface area contributed by atoms with Gasteiger partial charge in [-0.05, 0) is 45.4 Å². The number of hydrogen-bond donors (Lipinski definition) is 6. The fourth-order valence-corrected chi connectivity index (χ4v) is 7.04. The predicted molar refractivity (Wildman–Crippen MR) is 176 cm³/mol. The topological polar surface area (TPSA) is 207 Å². The monoisotopic (exact) mass is 800 g/mol. The van der Waals surface area contributed by atoms with Gasteiger partial charge in [0.15, 0.2) is 5.60 Å². The second-order valence-electron chi connectivity index (χ2n) is 15.1. The van der Waals surface area contributed by atoms with Crippen LogP contribution in [-0.2, 0) is 36.2 Å². The smallest absolute Gasteiger partial charge is 0.416 e. The van der Waals surface area contributed by atoms with Crippen LogP contribution in [0.3, 0.4) is 0 Å². The number of carbonyl (C=O) groups is 4. The van der Waals surface area contributed by atoms with Gasteiger partial charge in [-0.15, -0.1) is 0 Å². The Labute approximate surface area is 311 Å². The van der Waals surface area contributed by atoms with E-state index in [1.165, 1.54) is 4.90 Å². The summed E-state index contributed by atoms with van der Waals surface area (Å²) < 4.78 is 97.2. The molecule has 0 aromatic heterocycles. The molecule has 21 heteroatoms. The fraction of sp³-hybridized carbons (Fsp3) is 0.706. The van der Waals surface area contributed by atoms with Crippen molar-refractivity contribution in [2.24, 2.45) is 0 Å². The van der Waals surface area contributed by atoms with Crippen molar-refractivity contribution >= 4 is 23.9 Å². The van der Waals surface area contributed by atoms with Crippen LogP contribution in [0.5, 0.6) is 0 Å². The van der Waals surface area contributed by atoms with Gasteiger partial charge in [-0.2, -0.15) is 26.3 Å². The Morgan fingerprint density at radius 3 is 2.18 bits per heavy atom. The van der Waals surface area contributed by atoms with Crippen molar-refractivity contribution in [3.63, 3.8) is 0 Å². The highest BCUT2D eigenvalue weighted by Gasteiger charge is 2.56. The molecule has 3 aliphatic rings. The molecule has 0 saturated carbocycles. The number of carboxylic acid groups (broad SMARTS) is 1. The third-order valence-corrected chi connectivity index (χ3v) is 9.80. The van der Waals surface area contributed by atoms with E-state index >= 15 is 0 Å². The van der Waals surface area contributed by atoms with Crippen LogP contribution in [0.25, 0.3) is 0 Å². The first kappa shape index (κ1) is 44.0. The van der Waals surface area contributed by atoms with E-state index in [0.29, 0.717) is 19.5 Å². The number of rotatable bonds is 10. The molecule has 3 amide bonds. The molecule has 3 heterocycles. The van der Waals surface area contributed by atoms with Gasteiger partial charge in [0.1, 0.15) is 17.8 Å². The highest BCUT2D eigenvalue weighted by Crippen LogP contribution is 2.39. The number of hydrogen-bond acceptors (Lipinski definition) is 11. The molecule has 1 spiro atoms. The number of aliphatic carboxylic acids is 1. The summed E-state index contributed by atoms with van der Waals surface area (Å²) >= 11 is 0. The van der Waals surface area contributed by atoms with E-state index in [4.69, 9.17) is 14.2 Å². The first-order chi connectivity index (χ1) is 25.3. The molecule has 3 aliphatic heterocycles. The minimum atomic E-state index is -5.25. The Morgan fingerprint density at radius 1 is 1.02 bits per heavy atom. The van der Waals surface area contributed by atoms with Gasteiger partial charge in [0.2, 0.25) is 5.91 Å². The van der Waals surface area contributed by atoms with Crippen LogP contribution in [-0.4, -0.2) is 147 Å². The van der Waals surface area contributed by atoms with Crippen LogP contribution in [0.15, 0.2) is 18.2 Å². The zero-order chi connectivity index (χ0) is 41.3. The number of aliphatic hydroxyl groups excluding tert-OH is 3. The van der Waals surface area contributed by atoms with Crippen LogP contribution in [0.4, 0.5) is 31.1 Å². The predicted octanol–water partition coefficient (Wildman–Crippen LogP) is 1.76. The van der Waals surface area contributed by atoms with Crippen LogP contribution in [0.1, 0.15) is 68.4 Å². The van der Waals surface area contributed by atoms with E-state index in [1.54, 1.807) is 20.8 Å². The van der Waals surface area contributed by atoms with E-state index in [-0.39, 0.29) is 50.9 Å². The SMILES string of the molecule is CC(=O)N[C@H]1[C@H]([C@H](O)[C@H](O)CNC(=O)c2cc(C(F)(F)F)cc(C(F)(F)F)c2)O[C@@](CCN2CCOC[C@@]23CCN(C(=O)OC(C)(C)C)C3)(C(=O)O)C[C@@H]1O. The minimum Gasteiger partial charge on any atom is -0.479 e. The zero-order valence-electron chi connectivity index (χ0n) is 30.5. The normalized spacial score (nSPS) is 27.7. The number of benzene rings is 1. The number of morpholine rings is 1. The lowest BCUT2D eigenvalue weighted by Crippen LogP contribution is -2.68. The molecular weight excluding hydrogens is 754 g/mol. The summed E-state index contributed by atoms with van der Waals surface area (Å²) in [5, 5.41) is 48.1. The van der Waals surface area contributed by atoms with Gasteiger partial charge in [-0.1, -0.05) is 0 Å². The number of amides is 3. The summed E-state index contributed by atoms with van der Waals surface area (Å²) in [7, 11) is 0. The van der Waals surface area contributed by atoms with Crippen LogP contribution in [0.2, 0.25) is 0 Å². The molecule has 7 atom stereocenters. The van der Waals surface area contributed by atoms with Gasteiger partial charge >= 0.3 is 24.4 Å². The lowest BCUT2D eigenvalue weighted by atomic mass is 9.81. The molecule has 0 radical (unpaired) electrons. The molecule has 1 aromatic rings. The molecule has 4 rings (SSSR count). The summed E-state index contributed by atoms with van der Waals surface area (Å²) in [6.45, 7) is 6.59. The van der Waals surface area contributed by atoms with Gasteiger partial charge in [0.25, 0.3) is 5.91 Å². The number of carbonyl (C=O) groups excluding carboxylic acids is 3. The Balaban J connectivity index is 1.53. The Bertz CT molecular complexity index is 1560. The lowest BCUT2D eigenvalue weighted by molar-refractivity contribution is -0.231. The highest BCUT2D eigenvalue weighted by molar-refractivity contribution is 5.94. The standard InChI is InChI=1S/C34H46F6N4O11/c1-18(45)42-24-22(46)14-32(28(50)51,6-8-44-9-10-53-17-31(44)5-7-43(16-31)29(52)55-30(2,3)4)54-26(24)25(48)23(47)15-41-27(49)19-11-20(33(35,36)37)13-21(12-19)34(38,39)40/h11-13,22-26,46-48H,5-10,14-17H2,1-4H3,(H,41,49)(H,42,45)(H,50,51)/t22-,23+,24+,25+,26+,31-,32+/m0/s1. The molecule has 310 valence electrons. The van der Waals surface area contributed by atoms with E-state index < -0.39 is 113 Å². The van der Waals surface area contributed by atoms with Crippen molar-refractivity contribution in [1.82, 2.24) is 20.4 Å².